The van der Waals surface area contributed by atoms with Crippen molar-refractivity contribution in [2.45, 2.75) is 12.5 Å². The molecule has 0 spiro atoms. The van der Waals surface area contributed by atoms with E-state index in [9.17, 15) is 0 Å². The molecule has 1 fully saturated rings. The third kappa shape index (κ3) is 3.65. The number of hydrogen-bond acceptors (Lipinski definition) is 9. The Hall–Kier alpha value is -3.90. The van der Waals surface area contributed by atoms with Crippen molar-refractivity contribution in [2.24, 2.45) is 4.99 Å². The van der Waals surface area contributed by atoms with E-state index < -0.39 is 0 Å². The molecular formula is C23H22N6O3. The highest BCUT2D eigenvalue weighted by Gasteiger charge is 2.28. The first kappa shape index (κ1) is 20.0. The second-order valence-electron chi connectivity index (χ2n) is 7.61. The lowest BCUT2D eigenvalue weighted by Gasteiger charge is -2.24. The van der Waals surface area contributed by atoms with Crippen molar-refractivity contribution in [3.8, 4) is 17.6 Å². The van der Waals surface area contributed by atoms with Crippen LogP contribution in [0.5, 0.6) is 11.5 Å². The fourth-order valence-electron chi connectivity index (χ4n) is 4.10. The highest BCUT2D eigenvalue weighted by Crippen LogP contribution is 2.35. The van der Waals surface area contributed by atoms with Gasteiger partial charge < -0.3 is 14.4 Å². The molecule has 0 radical (unpaired) electrons. The Morgan fingerprint density at radius 1 is 1.09 bits per heavy atom. The molecule has 2 aliphatic rings. The molecule has 1 atom stereocenters. The summed E-state index contributed by atoms with van der Waals surface area (Å²) in [4.78, 5) is 21.9. The highest BCUT2D eigenvalue weighted by atomic mass is 16.7. The van der Waals surface area contributed by atoms with E-state index in [2.05, 4.69) is 25.9 Å². The monoisotopic (exact) mass is 430 g/mol. The second kappa shape index (κ2) is 8.32. The second-order valence-corrected chi connectivity index (χ2v) is 7.61. The van der Waals surface area contributed by atoms with Crippen LogP contribution in [-0.4, -0.2) is 55.1 Å². The Kier molecular flexibility index (Phi) is 5.21. The summed E-state index contributed by atoms with van der Waals surface area (Å²) in [6.45, 7) is 1.92. The van der Waals surface area contributed by atoms with Gasteiger partial charge in [-0.2, -0.15) is 5.26 Å². The zero-order valence-corrected chi connectivity index (χ0v) is 17.9. The minimum absolute atomic E-state index is 0.00712. The van der Waals surface area contributed by atoms with Gasteiger partial charge in [-0.15, -0.1) is 0 Å². The largest absolute Gasteiger partial charge is 0.493 e. The number of rotatable bonds is 5. The smallest absolute Gasteiger partial charge is 0.162 e. The Morgan fingerprint density at radius 2 is 1.94 bits per heavy atom. The maximum absolute atomic E-state index is 9.14. The van der Waals surface area contributed by atoms with Gasteiger partial charge in [-0.25, -0.2) is 15.0 Å². The summed E-state index contributed by atoms with van der Waals surface area (Å²) in [6.07, 6.45) is 4.32. The molecule has 0 amide bonds. The average Bonchev–Trinajstić information content (AvgIpc) is 3.30. The summed E-state index contributed by atoms with van der Waals surface area (Å²) < 4.78 is 10.9. The van der Waals surface area contributed by atoms with Gasteiger partial charge in [0.2, 0.25) is 0 Å². The molecule has 3 aromatic rings. The molecule has 0 saturated carbocycles. The van der Waals surface area contributed by atoms with Gasteiger partial charge >= 0.3 is 0 Å². The van der Waals surface area contributed by atoms with E-state index >= 15 is 0 Å². The van der Waals surface area contributed by atoms with Crippen molar-refractivity contribution in [1.82, 2.24) is 15.0 Å². The van der Waals surface area contributed by atoms with Crippen molar-refractivity contribution in [3.05, 3.63) is 52.8 Å². The number of ether oxygens (including phenoxy) is 2. The fraction of sp³-hybridized carbons (Fsp3) is 0.304. The molecule has 1 aromatic heterocycles. The molecule has 3 heterocycles. The van der Waals surface area contributed by atoms with Crippen molar-refractivity contribution >= 4 is 22.9 Å². The van der Waals surface area contributed by atoms with E-state index in [4.69, 9.17) is 19.6 Å². The fourth-order valence-corrected chi connectivity index (χ4v) is 4.10. The van der Waals surface area contributed by atoms with Gasteiger partial charge in [-0.1, -0.05) is 0 Å². The SMILES string of the molecule is COc1cc2ncnc(N3CCC(ON4C=c5cc(C#N)ccc5=NC4)C3)c2cc1OC. The predicted molar refractivity (Wildman–Crippen MR) is 117 cm³/mol. The van der Waals surface area contributed by atoms with Gasteiger partial charge in [0.25, 0.3) is 0 Å². The summed E-state index contributed by atoms with van der Waals surface area (Å²) in [5, 5.41) is 13.5. The zero-order valence-electron chi connectivity index (χ0n) is 17.9. The molecule has 1 unspecified atom stereocenters. The third-order valence-corrected chi connectivity index (χ3v) is 5.67. The Labute approximate surface area is 184 Å². The summed E-state index contributed by atoms with van der Waals surface area (Å²) in [7, 11) is 3.22. The number of hydrogen-bond donors (Lipinski definition) is 0. The molecule has 1 saturated heterocycles. The first-order valence-electron chi connectivity index (χ1n) is 10.3. The van der Waals surface area contributed by atoms with Crippen LogP contribution in [0.2, 0.25) is 0 Å². The molecule has 0 aliphatic carbocycles. The van der Waals surface area contributed by atoms with Crippen molar-refractivity contribution in [2.75, 3.05) is 38.9 Å². The Morgan fingerprint density at radius 3 is 2.75 bits per heavy atom. The van der Waals surface area contributed by atoms with Gasteiger partial charge in [-0.3, -0.25) is 9.83 Å². The number of methoxy groups -OCH3 is 2. The van der Waals surface area contributed by atoms with E-state index in [0.717, 1.165) is 40.3 Å². The lowest BCUT2D eigenvalue weighted by Crippen LogP contribution is -2.38. The molecule has 32 heavy (non-hydrogen) atoms. The number of hydroxylamine groups is 2. The first-order chi connectivity index (χ1) is 15.7. The third-order valence-electron chi connectivity index (χ3n) is 5.67. The first-order valence-corrected chi connectivity index (χ1v) is 10.3. The standard InChI is InChI=1S/C23H22N6O3/c1-30-21-8-18-20(9-22(21)31-2)25-13-26-23(18)28-6-5-17(12-28)32-29-11-16-7-15(10-24)3-4-19(16)27-14-29/h3-4,7-9,11,13,17H,5-6,12,14H2,1-2H3. The normalized spacial score (nSPS) is 17.3. The molecule has 5 rings (SSSR count). The van der Waals surface area contributed by atoms with Gasteiger partial charge in [0, 0.05) is 36.0 Å². The summed E-state index contributed by atoms with van der Waals surface area (Å²) in [5.41, 5.74) is 1.40. The van der Waals surface area contributed by atoms with E-state index in [1.807, 2.05) is 30.5 Å². The lowest BCUT2D eigenvalue weighted by atomic mass is 10.2. The topological polar surface area (TPSA) is 96.1 Å². The number of nitrogens with zero attached hydrogens (tertiary/aromatic N) is 6. The van der Waals surface area contributed by atoms with Crippen LogP contribution >= 0.6 is 0 Å². The molecule has 0 N–H and O–H groups in total. The van der Waals surface area contributed by atoms with Crippen LogP contribution in [0.25, 0.3) is 17.1 Å². The van der Waals surface area contributed by atoms with Crippen LogP contribution < -0.4 is 24.9 Å². The molecule has 0 bridgehead atoms. The highest BCUT2D eigenvalue weighted by molar-refractivity contribution is 5.92. The Bertz CT molecular complexity index is 1340. The van der Waals surface area contributed by atoms with Crippen LogP contribution in [0.4, 0.5) is 5.82 Å². The van der Waals surface area contributed by atoms with Gasteiger partial charge in [0.1, 0.15) is 24.9 Å². The molecule has 9 heteroatoms. The van der Waals surface area contributed by atoms with Crippen molar-refractivity contribution in [1.29, 1.82) is 5.26 Å². The number of fused-ring (bicyclic) bond motifs is 2. The number of anilines is 1. The van der Waals surface area contributed by atoms with E-state index in [0.29, 0.717) is 30.3 Å². The van der Waals surface area contributed by atoms with Gasteiger partial charge in [0.15, 0.2) is 11.5 Å². The number of nitriles is 1. The van der Waals surface area contributed by atoms with Crippen LogP contribution in [-0.2, 0) is 4.84 Å². The molecular weight excluding hydrogens is 408 g/mol. The summed E-state index contributed by atoms with van der Waals surface area (Å²) >= 11 is 0. The van der Waals surface area contributed by atoms with E-state index in [1.54, 1.807) is 31.7 Å². The maximum Gasteiger partial charge on any atom is 0.162 e. The molecule has 2 aliphatic heterocycles. The van der Waals surface area contributed by atoms with Gasteiger partial charge in [-0.05, 0) is 30.7 Å². The number of benzene rings is 2. The van der Waals surface area contributed by atoms with Crippen LogP contribution in [0.3, 0.4) is 0 Å². The van der Waals surface area contributed by atoms with Crippen molar-refractivity contribution in [3.63, 3.8) is 0 Å². The van der Waals surface area contributed by atoms with E-state index in [1.165, 1.54) is 0 Å². The number of aromatic nitrogens is 2. The maximum atomic E-state index is 9.14. The van der Waals surface area contributed by atoms with Gasteiger partial charge in [0.05, 0.1) is 36.7 Å². The summed E-state index contributed by atoms with van der Waals surface area (Å²) in [6, 6.07) is 11.4. The van der Waals surface area contributed by atoms with E-state index in [-0.39, 0.29) is 6.10 Å². The van der Waals surface area contributed by atoms with Crippen molar-refractivity contribution < 1.29 is 14.3 Å². The predicted octanol–water partition coefficient (Wildman–Crippen LogP) is 1.36. The van der Waals surface area contributed by atoms with Crippen LogP contribution in [0.15, 0.2) is 41.7 Å². The average molecular weight is 430 g/mol. The van der Waals surface area contributed by atoms with Crippen LogP contribution in [0.1, 0.15) is 12.0 Å². The zero-order chi connectivity index (χ0) is 22.1. The minimum atomic E-state index is -0.00712. The molecule has 2 aromatic carbocycles. The minimum Gasteiger partial charge on any atom is -0.493 e. The van der Waals surface area contributed by atoms with Crippen LogP contribution in [0, 0.1) is 11.3 Å². The lowest BCUT2D eigenvalue weighted by molar-refractivity contribution is -0.142. The molecule has 9 nitrogen and oxygen atoms in total. The molecule has 162 valence electrons. The Balaban J connectivity index is 1.35. The quantitative estimate of drug-likeness (QED) is 0.599. The summed E-state index contributed by atoms with van der Waals surface area (Å²) in [5.74, 6) is 2.12.